The predicted molar refractivity (Wildman–Crippen MR) is 114 cm³/mol. The van der Waals surface area contributed by atoms with Gasteiger partial charge in [-0.25, -0.2) is 14.6 Å². The second kappa shape index (κ2) is 8.77. The lowest BCUT2D eigenvalue weighted by molar-refractivity contribution is -0.140. The highest BCUT2D eigenvalue weighted by Gasteiger charge is 2.46. The Hall–Kier alpha value is -3.39. The van der Waals surface area contributed by atoms with Crippen LogP contribution in [0.2, 0.25) is 0 Å². The number of benzene rings is 2. The normalized spacial score (nSPS) is 19.4. The summed E-state index contributed by atoms with van der Waals surface area (Å²) < 4.78 is 10.6. The molecule has 2 aliphatic rings. The van der Waals surface area contributed by atoms with E-state index in [9.17, 15) is 14.4 Å². The molecular weight excluding hydrogens is 398 g/mol. The van der Waals surface area contributed by atoms with E-state index in [1.165, 1.54) is 7.11 Å². The minimum Gasteiger partial charge on any atom is -0.497 e. The number of anilines is 1. The molecule has 31 heavy (non-hydrogen) atoms. The molecule has 0 aromatic heterocycles. The second-order valence-corrected chi connectivity index (χ2v) is 7.47. The highest BCUT2D eigenvalue weighted by atomic mass is 16.5. The molecule has 2 heterocycles. The number of likely N-dealkylation sites (tertiary alicyclic amines) is 1. The van der Waals surface area contributed by atoms with Crippen LogP contribution in [0.4, 0.5) is 10.5 Å². The molecule has 162 valence electrons. The van der Waals surface area contributed by atoms with Crippen molar-refractivity contribution in [2.24, 2.45) is 0 Å². The van der Waals surface area contributed by atoms with Gasteiger partial charge in [0.1, 0.15) is 11.5 Å². The summed E-state index contributed by atoms with van der Waals surface area (Å²) in [6, 6.07) is 13.8. The first-order chi connectivity index (χ1) is 15.0. The van der Waals surface area contributed by atoms with Crippen LogP contribution in [0.25, 0.3) is 0 Å². The van der Waals surface area contributed by atoms with Crippen molar-refractivity contribution in [1.82, 2.24) is 9.80 Å². The van der Waals surface area contributed by atoms with Gasteiger partial charge in [0.25, 0.3) is 0 Å². The number of rotatable bonds is 7. The third kappa shape index (κ3) is 3.98. The lowest BCUT2D eigenvalue weighted by Gasteiger charge is -2.28. The van der Waals surface area contributed by atoms with Crippen LogP contribution in [-0.4, -0.2) is 54.6 Å². The summed E-state index contributed by atoms with van der Waals surface area (Å²) in [4.78, 5) is 42.1. The van der Waals surface area contributed by atoms with Gasteiger partial charge in [0, 0.05) is 12.6 Å². The van der Waals surface area contributed by atoms with Crippen LogP contribution in [0.5, 0.6) is 11.5 Å². The first-order valence-corrected chi connectivity index (χ1v) is 10.3. The van der Waals surface area contributed by atoms with Gasteiger partial charge in [-0.15, -0.1) is 0 Å². The number of ether oxygens (including phenoxy) is 2. The Kier molecular flexibility index (Phi) is 5.90. The maximum atomic E-state index is 13.0. The third-order valence-electron chi connectivity index (χ3n) is 5.65. The van der Waals surface area contributed by atoms with E-state index in [2.05, 4.69) is 4.90 Å². The SMILES string of the molecule is CCOc1ccc([C@H]2CCCN2CN2C(=O)C(=O)N(c3ccc(OC)cc3)C2=O)cc1. The van der Waals surface area contributed by atoms with E-state index in [1.807, 2.05) is 31.2 Å². The van der Waals surface area contributed by atoms with Crippen LogP contribution in [-0.2, 0) is 9.59 Å². The molecule has 0 bridgehead atoms. The first kappa shape index (κ1) is 20.9. The monoisotopic (exact) mass is 423 g/mol. The summed E-state index contributed by atoms with van der Waals surface area (Å²) in [5.41, 5.74) is 1.44. The Bertz CT molecular complexity index is 974. The zero-order chi connectivity index (χ0) is 22.0. The van der Waals surface area contributed by atoms with Crippen molar-refractivity contribution in [2.75, 3.05) is 31.8 Å². The molecule has 4 rings (SSSR count). The molecule has 2 aromatic rings. The molecule has 2 aromatic carbocycles. The van der Waals surface area contributed by atoms with Gasteiger partial charge in [-0.2, -0.15) is 0 Å². The fraction of sp³-hybridized carbons (Fsp3) is 0.348. The van der Waals surface area contributed by atoms with Gasteiger partial charge in [0.15, 0.2) is 0 Å². The number of carbonyl (C=O) groups excluding carboxylic acids is 3. The molecule has 2 fully saturated rings. The Balaban J connectivity index is 1.50. The fourth-order valence-corrected chi connectivity index (χ4v) is 4.10. The lowest BCUT2D eigenvalue weighted by atomic mass is 10.0. The van der Waals surface area contributed by atoms with Gasteiger partial charge >= 0.3 is 17.8 Å². The largest absolute Gasteiger partial charge is 0.497 e. The molecule has 8 nitrogen and oxygen atoms in total. The van der Waals surface area contributed by atoms with E-state index in [0.717, 1.165) is 40.5 Å². The fourth-order valence-electron chi connectivity index (χ4n) is 4.10. The molecule has 2 aliphatic heterocycles. The number of imide groups is 2. The van der Waals surface area contributed by atoms with Gasteiger partial charge < -0.3 is 9.47 Å². The van der Waals surface area contributed by atoms with Crippen LogP contribution >= 0.6 is 0 Å². The van der Waals surface area contributed by atoms with E-state index in [4.69, 9.17) is 9.47 Å². The summed E-state index contributed by atoms with van der Waals surface area (Å²) >= 11 is 0. The number of methoxy groups -OCH3 is 1. The van der Waals surface area contributed by atoms with Crippen molar-refractivity contribution in [3.8, 4) is 11.5 Å². The summed E-state index contributed by atoms with van der Waals surface area (Å²) in [6.07, 6.45) is 1.87. The van der Waals surface area contributed by atoms with Gasteiger partial charge in [0.05, 0.1) is 26.1 Å². The summed E-state index contributed by atoms with van der Waals surface area (Å²) in [6.45, 7) is 3.36. The molecule has 0 unspecified atom stereocenters. The summed E-state index contributed by atoms with van der Waals surface area (Å²) in [5, 5.41) is 0. The Morgan fingerprint density at radius 2 is 1.61 bits per heavy atom. The van der Waals surface area contributed by atoms with Crippen molar-refractivity contribution in [2.45, 2.75) is 25.8 Å². The van der Waals surface area contributed by atoms with Crippen LogP contribution in [0.15, 0.2) is 48.5 Å². The highest BCUT2D eigenvalue weighted by molar-refractivity contribution is 6.52. The Labute approximate surface area is 180 Å². The first-order valence-electron chi connectivity index (χ1n) is 10.3. The molecule has 1 atom stereocenters. The van der Waals surface area contributed by atoms with Gasteiger partial charge in [-0.1, -0.05) is 12.1 Å². The molecule has 0 aliphatic carbocycles. The molecule has 0 saturated carbocycles. The summed E-state index contributed by atoms with van der Waals surface area (Å²) in [5.74, 6) is -0.243. The van der Waals surface area contributed by atoms with E-state index >= 15 is 0 Å². The number of nitrogens with zero attached hydrogens (tertiary/aromatic N) is 3. The topological polar surface area (TPSA) is 79.4 Å². The summed E-state index contributed by atoms with van der Waals surface area (Å²) in [7, 11) is 1.53. The van der Waals surface area contributed by atoms with Crippen LogP contribution in [0, 0.1) is 0 Å². The van der Waals surface area contributed by atoms with Crippen molar-refractivity contribution in [3.63, 3.8) is 0 Å². The average Bonchev–Trinajstić information content (AvgIpc) is 3.33. The van der Waals surface area contributed by atoms with E-state index in [1.54, 1.807) is 24.3 Å². The van der Waals surface area contributed by atoms with Crippen molar-refractivity contribution in [1.29, 1.82) is 0 Å². The number of hydrogen-bond acceptors (Lipinski definition) is 6. The lowest BCUT2D eigenvalue weighted by Crippen LogP contribution is -2.42. The van der Waals surface area contributed by atoms with Gasteiger partial charge in [-0.05, 0) is 61.7 Å². The number of urea groups is 1. The maximum absolute atomic E-state index is 13.0. The predicted octanol–water partition coefficient (Wildman–Crippen LogP) is 3.18. The van der Waals surface area contributed by atoms with Crippen LogP contribution in [0.3, 0.4) is 0 Å². The van der Waals surface area contributed by atoms with Crippen molar-refractivity contribution >= 4 is 23.5 Å². The minimum absolute atomic E-state index is 0.0708. The van der Waals surface area contributed by atoms with E-state index in [0.29, 0.717) is 18.0 Å². The number of amides is 4. The molecule has 0 spiro atoms. The molecule has 4 amide bonds. The van der Waals surface area contributed by atoms with Crippen molar-refractivity contribution in [3.05, 3.63) is 54.1 Å². The number of hydrogen-bond donors (Lipinski definition) is 0. The second-order valence-electron chi connectivity index (χ2n) is 7.47. The third-order valence-corrected chi connectivity index (χ3v) is 5.65. The van der Waals surface area contributed by atoms with Crippen molar-refractivity contribution < 1.29 is 23.9 Å². The zero-order valence-electron chi connectivity index (χ0n) is 17.6. The standard InChI is InChI=1S/C23H25N3O5/c1-3-31-19-10-6-16(7-11-19)20-5-4-14-24(20)15-25-21(27)22(28)26(23(25)29)17-8-12-18(30-2)13-9-17/h6-13,20H,3-5,14-15H2,1-2H3/t20-/m1/s1. The average molecular weight is 423 g/mol. The van der Waals surface area contributed by atoms with Gasteiger partial charge in [-0.3, -0.25) is 14.5 Å². The van der Waals surface area contributed by atoms with Crippen LogP contribution < -0.4 is 14.4 Å². The molecule has 8 heteroatoms. The Morgan fingerprint density at radius 3 is 2.26 bits per heavy atom. The molecule has 2 saturated heterocycles. The number of carbonyl (C=O) groups is 3. The Morgan fingerprint density at radius 1 is 0.935 bits per heavy atom. The molecule has 0 radical (unpaired) electrons. The molecule has 0 N–H and O–H groups in total. The maximum Gasteiger partial charge on any atom is 0.340 e. The van der Waals surface area contributed by atoms with Crippen LogP contribution in [0.1, 0.15) is 31.4 Å². The van der Waals surface area contributed by atoms with E-state index in [-0.39, 0.29) is 12.7 Å². The minimum atomic E-state index is -0.841. The van der Waals surface area contributed by atoms with Gasteiger partial charge in [0.2, 0.25) is 0 Å². The quantitative estimate of drug-likeness (QED) is 0.503. The smallest absolute Gasteiger partial charge is 0.340 e. The zero-order valence-corrected chi connectivity index (χ0v) is 17.6. The molecular formula is C23H25N3O5. The van der Waals surface area contributed by atoms with E-state index < -0.39 is 17.8 Å². The highest BCUT2D eigenvalue weighted by Crippen LogP contribution is 2.34.